The molecule has 0 saturated carbocycles. The quantitative estimate of drug-likeness (QED) is 0.792. The summed E-state index contributed by atoms with van der Waals surface area (Å²) >= 11 is 0. The molecule has 0 spiro atoms. The number of anilines is 1. The zero-order chi connectivity index (χ0) is 20.1. The number of nitrogens with zero attached hydrogens (tertiary/aromatic N) is 4. The Bertz CT molecular complexity index is 810. The number of rotatable bonds is 6. The van der Waals surface area contributed by atoms with Gasteiger partial charge in [0.1, 0.15) is 0 Å². The average Bonchev–Trinajstić information content (AvgIpc) is 3.25. The fourth-order valence-corrected chi connectivity index (χ4v) is 3.92. The molecule has 2 aliphatic rings. The first-order valence-electron chi connectivity index (χ1n) is 10.4. The fourth-order valence-electron chi connectivity index (χ4n) is 3.92. The molecule has 1 N–H and O–H groups in total. The molecule has 156 valence electrons. The number of benzene rings is 1. The summed E-state index contributed by atoms with van der Waals surface area (Å²) in [6, 6.07) is 8.54. The summed E-state index contributed by atoms with van der Waals surface area (Å²) in [5, 5.41) is 7.24. The zero-order valence-corrected chi connectivity index (χ0v) is 17.0. The monoisotopic (exact) mass is 399 g/mol. The molecule has 2 aliphatic heterocycles. The molecule has 1 aromatic heterocycles. The SMILES string of the molecule is Cc1ccccc1-c1noc(N2CCC(C(=O)NCCN3CCOCC3)CC2)n1. The number of nitrogens with one attached hydrogen (secondary N) is 1. The van der Waals surface area contributed by atoms with Gasteiger partial charge >= 0.3 is 6.01 Å². The van der Waals surface area contributed by atoms with Crippen LogP contribution >= 0.6 is 0 Å². The molecule has 29 heavy (non-hydrogen) atoms. The maximum absolute atomic E-state index is 12.5. The van der Waals surface area contributed by atoms with E-state index in [0.29, 0.717) is 18.4 Å². The second-order valence-corrected chi connectivity index (χ2v) is 7.72. The largest absolute Gasteiger partial charge is 0.379 e. The summed E-state index contributed by atoms with van der Waals surface area (Å²) in [6.07, 6.45) is 1.59. The van der Waals surface area contributed by atoms with Crippen LogP contribution in [0.4, 0.5) is 6.01 Å². The molecule has 8 nitrogen and oxygen atoms in total. The Balaban J connectivity index is 1.24. The molecule has 2 saturated heterocycles. The number of amides is 1. The Labute approximate surface area is 171 Å². The van der Waals surface area contributed by atoms with Crippen molar-refractivity contribution in [1.82, 2.24) is 20.4 Å². The van der Waals surface area contributed by atoms with Crippen molar-refractivity contribution in [3.8, 4) is 11.4 Å². The second kappa shape index (κ2) is 9.37. The Morgan fingerprint density at radius 2 is 1.93 bits per heavy atom. The summed E-state index contributed by atoms with van der Waals surface area (Å²) in [6.45, 7) is 8.58. The predicted molar refractivity (Wildman–Crippen MR) is 110 cm³/mol. The summed E-state index contributed by atoms with van der Waals surface area (Å²) in [4.78, 5) is 21.5. The van der Waals surface area contributed by atoms with E-state index in [-0.39, 0.29) is 11.8 Å². The lowest BCUT2D eigenvalue weighted by Gasteiger charge is -2.30. The van der Waals surface area contributed by atoms with Crippen LogP contribution < -0.4 is 10.2 Å². The van der Waals surface area contributed by atoms with E-state index in [9.17, 15) is 4.79 Å². The Hall–Kier alpha value is -2.45. The third-order valence-corrected chi connectivity index (χ3v) is 5.77. The van der Waals surface area contributed by atoms with E-state index < -0.39 is 0 Å². The zero-order valence-electron chi connectivity index (χ0n) is 17.0. The van der Waals surface area contributed by atoms with Crippen LogP contribution in [0.2, 0.25) is 0 Å². The molecule has 1 aromatic carbocycles. The second-order valence-electron chi connectivity index (χ2n) is 7.72. The van der Waals surface area contributed by atoms with Crippen LogP contribution in [-0.4, -0.2) is 73.4 Å². The third kappa shape index (κ3) is 4.94. The minimum atomic E-state index is 0.0506. The first-order chi connectivity index (χ1) is 14.2. The lowest BCUT2D eigenvalue weighted by Crippen LogP contribution is -2.44. The van der Waals surface area contributed by atoms with Gasteiger partial charge in [-0.1, -0.05) is 29.4 Å². The van der Waals surface area contributed by atoms with Gasteiger partial charge in [0, 0.05) is 50.7 Å². The van der Waals surface area contributed by atoms with Crippen molar-refractivity contribution in [2.75, 3.05) is 57.4 Å². The van der Waals surface area contributed by atoms with Crippen molar-refractivity contribution in [2.24, 2.45) is 5.92 Å². The lowest BCUT2D eigenvalue weighted by molar-refractivity contribution is -0.125. The van der Waals surface area contributed by atoms with Crippen LogP contribution in [0, 0.1) is 12.8 Å². The Morgan fingerprint density at radius 3 is 2.69 bits per heavy atom. The molecule has 0 atom stereocenters. The van der Waals surface area contributed by atoms with Crippen molar-refractivity contribution in [2.45, 2.75) is 19.8 Å². The maximum atomic E-state index is 12.5. The third-order valence-electron chi connectivity index (χ3n) is 5.77. The number of hydrogen-bond donors (Lipinski definition) is 1. The number of carbonyl (C=O) groups excluding carboxylic acids is 1. The standard InChI is InChI=1S/C21H29N5O3/c1-16-4-2-3-5-18(16)19-23-21(29-24-19)26-9-6-17(7-10-26)20(27)22-8-11-25-12-14-28-15-13-25/h2-5,17H,6-15H2,1H3,(H,22,27). The molecule has 0 unspecified atom stereocenters. The molecular weight excluding hydrogens is 370 g/mol. The Morgan fingerprint density at radius 1 is 1.17 bits per heavy atom. The van der Waals surface area contributed by atoms with Crippen LogP contribution in [0.5, 0.6) is 0 Å². The van der Waals surface area contributed by atoms with Crippen LogP contribution in [0.1, 0.15) is 18.4 Å². The van der Waals surface area contributed by atoms with E-state index in [1.807, 2.05) is 31.2 Å². The number of piperidine rings is 1. The first-order valence-corrected chi connectivity index (χ1v) is 10.4. The lowest BCUT2D eigenvalue weighted by atomic mass is 9.96. The number of aromatic nitrogens is 2. The highest BCUT2D eigenvalue weighted by molar-refractivity contribution is 5.78. The molecule has 3 heterocycles. The van der Waals surface area contributed by atoms with E-state index >= 15 is 0 Å². The van der Waals surface area contributed by atoms with Crippen molar-refractivity contribution in [3.63, 3.8) is 0 Å². The summed E-state index contributed by atoms with van der Waals surface area (Å²) in [5.41, 5.74) is 2.10. The molecule has 0 radical (unpaired) electrons. The van der Waals surface area contributed by atoms with Crippen molar-refractivity contribution in [1.29, 1.82) is 0 Å². The molecule has 2 aromatic rings. The maximum Gasteiger partial charge on any atom is 0.324 e. The molecule has 0 aliphatic carbocycles. The highest BCUT2D eigenvalue weighted by Gasteiger charge is 2.27. The van der Waals surface area contributed by atoms with Crippen LogP contribution in [0.15, 0.2) is 28.8 Å². The van der Waals surface area contributed by atoms with Crippen LogP contribution in [-0.2, 0) is 9.53 Å². The number of hydrogen-bond acceptors (Lipinski definition) is 7. The summed E-state index contributed by atoms with van der Waals surface area (Å²) in [7, 11) is 0. The highest BCUT2D eigenvalue weighted by Crippen LogP contribution is 2.26. The topological polar surface area (TPSA) is 83.7 Å². The van der Waals surface area contributed by atoms with E-state index in [1.165, 1.54) is 0 Å². The minimum absolute atomic E-state index is 0.0506. The van der Waals surface area contributed by atoms with E-state index in [0.717, 1.165) is 69.9 Å². The van der Waals surface area contributed by atoms with Crippen molar-refractivity contribution in [3.05, 3.63) is 29.8 Å². The van der Waals surface area contributed by atoms with Gasteiger partial charge in [-0.15, -0.1) is 0 Å². The molecule has 4 rings (SSSR count). The summed E-state index contributed by atoms with van der Waals surface area (Å²) in [5.74, 6) is 0.819. The summed E-state index contributed by atoms with van der Waals surface area (Å²) < 4.78 is 10.8. The van der Waals surface area contributed by atoms with Crippen LogP contribution in [0.3, 0.4) is 0 Å². The molecule has 8 heteroatoms. The Kier molecular flexibility index (Phi) is 6.41. The fraction of sp³-hybridized carbons (Fsp3) is 0.571. The minimum Gasteiger partial charge on any atom is -0.379 e. The molecule has 1 amide bonds. The van der Waals surface area contributed by atoms with Gasteiger partial charge in [0.25, 0.3) is 0 Å². The smallest absolute Gasteiger partial charge is 0.324 e. The van der Waals surface area contributed by atoms with Crippen LogP contribution in [0.25, 0.3) is 11.4 Å². The predicted octanol–water partition coefficient (Wildman–Crippen LogP) is 1.71. The van der Waals surface area contributed by atoms with Crippen molar-refractivity contribution >= 4 is 11.9 Å². The first kappa shape index (κ1) is 19.8. The van der Waals surface area contributed by atoms with Gasteiger partial charge in [-0.3, -0.25) is 9.69 Å². The van der Waals surface area contributed by atoms with Gasteiger partial charge in [-0.05, 0) is 25.3 Å². The van der Waals surface area contributed by atoms with Gasteiger partial charge in [0.05, 0.1) is 13.2 Å². The van der Waals surface area contributed by atoms with Crippen molar-refractivity contribution < 1.29 is 14.1 Å². The van der Waals surface area contributed by atoms with Gasteiger partial charge in [-0.25, -0.2) is 0 Å². The normalized spacial score (nSPS) is 18.7. The van der Waals surface area contributed by atoms with E-state index in [1.54, 1.807) is 0 Å². The number of morpholine rings is 1. The molecule has 0 bridgehead atoms. The number of aryl methyl sites for hydroxylation is 1. The number of carbonyl (C=O) groups is 1. The van der Waals surface area contributed by atoms with Gasteiger partial charge < -0.3 is 19.5 Å². The number of ether oxygens (including phenoxy) is 1. The van der Waals surface area contributed by atoms with Gasteiger partial charge in [-0.2, -0.15) is 4.98 Å². The average molecular weight is 399 g/mol. The molecule has 2 fully saturated rings. The van der Waals surface area contributed by atoms with E-state index in [2.05, 4.69) is 25.3 Å². The van der Waals surface area contributed by atoms with Gasteiger partial charge in [0.15, 0.2) is 0 Å². The highest BCUT2D eigenvalue weighted by atomic mass is 16.5. The molecular formula is C21H29N5O3. The van der Waals surface area contributed by atoms with E-state index in [4.69, 9.17) is 9.26 Å². The van der Waals surface area contributed by atoms with Gasteiger partial charge in [0.2, 0.25) is 11.7 Å².